The zero-order chi connectivity index (χ0) is 24.2. The summed E-state index contributed by atoms with van der Waals surface area (Å²) in [6, 6.07) is 0. The summed E-state index contributed by atoms with van der Waals surface area (Å²) in [5.74, 6) is 0.821. The zero-order valence-electron chi connectivity index (χ0n) is 21.7. The molecule has 0 amide bonds. The van der Waals surface area contributed by atoms with Crippen LogP contribution in [0.15, 0.2) is 24.8 Å². The Balaban J connectivity index is 1.49. The fraction of sp³-hybridized carbons (Fsp3) is 0.821. The van der Waals surface area contributed by atoms with Crippen molar-refractivity contribution in [3.63, 3.8) is 0 Å². The van der Waals surface area contributed by atoms with Crippen LogP contribution in [0.3, 0.4) is 0 Å². The van der Waals surface area contributed by atoms with Gasteiger partial charge in [0.15, 0.2) is 6.29 Å². The van der Waals surface area contributed by atoms with Crippen LogP contribution in [-0.4, -0.2) is 41.8 Å². The summed E-state index contributed by atoms with van der Waals surface area (Å²) in [7, 11) is 0. The minimum atomic E-state index is -0.402. The van der Waals surface area contributed by atoms with Gasteiger partial charge in [0.05, 0.1) is 23.4 Å². The van der Waals surface area contributed by atoms with Gasteiger partial charge in [-0.05, 0) is 94.1 Å². The van der Waals surface area contributed by atoms with Crippen molar-refractivity contribution in [1.29, 1.82) is 0 Å². The smallest absolute Gasteiger partial charge is 0.303 e. The van der Waals surface area contributed by atoms with Crippen molar-refractivity contribution in [1.82, 2.24) is 0 Å². The number of ether oxygens (including phenoxy) is 4. The summed E-state index contributed by atoms with van der Waals surface area (Å²) in [5, 5.41) is 0. The third kappa shape index (κ3) is 4.34. The highest BCUT2D eigenvalue weighted by Gasteiger charge is 2.63. The van der Waals surface area contributed by atoms with E-state index in [-0.39, 0.29) is 46.3 Å². The molecule has 0 bridgehead atoms. The van der Waals surface area contributed by atoms with Crippen molar-refractivity contribution in [2.45, 2.75) is 123 Å². The summed E-state index contributed by atoms with van der Waals surface area (Å²) in [5.41, 5.74) is -0.0430. The Morgan fingerprint density at radius 3 is 2.36 bits per heavy atom. The molecular weight excluding hydrogens is 416 g/mol. The maximum atomic E-state index is 11.3. The zero-order valence-corrected chi connectivity index (χ0v) is 21.7. The molecule has 2 heterocycles. The lowest BCUT2D eigenvalue weighted by molar-refractivity contribution is -0.279. The van der Waals surface area contributed by atoms with Crippen LogP contribution in [0.2, 0.25) is 0 Å². The van der Waals surface area contributed by atoms with Crippen molar-refractivity contribution in [3.05, 3.63) is 24.8 Å². The Labute approximate surface area is 200 Å². The first kappa shape index (κ1) is 24.9. The van der Waals surface area contributed by atoms with E-state index in [1.165, 1.54) is 13.3 Å². The molecule has 4 aliphatic rings. The van der Waals surface area contributed by atoms with Gasteiger partial charge < -0.3 is 18.9 Å². The number of hydrogen-bond donors (Lipinski definition) is 0. The van der Waals surface area contributed by atoms with Crippen LogP contribution >= 0.6 is 0 Å². The van der Waals surface area contributed by atoms with Crippen molar-refractivity contribution in [3.8, 4) is 0 Å². The molecule has 0 aromatic heterocycles. The molecule has 5 heteroatoms. The molecular formula is C28H44O5. The topological polar surface area (TPSA) is 54.0 Å². The van der Waals surface area contributed by atoms with Crippen LogP contribution in [0.5, 0.6) is 0 Å². The number of carbonyl (C=O) groups excluding carboxylic acids is 1. The molecule has 2 saturated carbocycles. The van der Waals surface area contributed by atoms with Gasteiger partial charge >= 0.3 is 5.97 Å². The van der Waals surface area contributed by atoms with Gasteiger partial charge in [-0.3, -0.25) is 4.79 Å². The molecule has 2 aliphatic heterocycles. The molecule has 4 rings (SSSR count). The highest BCUT2D eigenvalue weighted by atomic mass is 16.7. The predicted molar refractivity (Wildman–Crippen MR) is 129 cm³/mol. The maximum absolute atomic E-state index is 11.3. The Hall–Kier alpha value is -1.17. The average molecular weight is 461 g/mol. The maximum Gasteiger partial charge on any atom is 0.303 e. The Bertz CT molecular complexity index is 804. The van der Waals surface area contributed by atoms with Gasteiger partial charge in [0.2, 0.25) is 0 Å². The van der Waals surface area contributed by atoms with Crippen LogP contribution in [0.1, 0.15) is 87.0 Å². The first-order valence-electron chi connectivity index (χ1n) is 12.8. The van der Waals surface area contributed by atoms with E-state index < -0.39 is 6.29 Å². The molecule has 9 atom stereocenters. The molecule has 33 heavy (non-hydrogen) atoms. The number of carbonyl (C=O) groups is 1. The average Bonchev–Trinajstić information content (AvgIpc) is 2.71. The molecule has 2 aliphatic carbocycles. The fourth-order valence-electron chi connectivity index (χ4n) is 7.90. The molecule has 0 aromatic carbocycles. The van der Waals surface area contributed by atoms with Gasteiger partial charge in [-0.1, -0.05) is 26.8 Å². The van der Waals surface area contributed by atoms with Gasteiger partial charge in [-0.25, -0.2) is 0 Å². The molecule has 5 nitrogen and oxygen atoms in total. The van der Waals surface area contributed by atoms with E-state index in [2.05, 4.69) is 41.2 Å². The monoisotopic (exact) mass is 460 g/mol. The largest absolute Gasteiger partial charge is 0.456 e. The van der Waals surface area contributed by atoms with Crippen molar-refractivity contribution in [2.75, 3.05) is 0 Å². The van der Waals surface area contributed by atoms with Crippen molar-refractivity contribution >= 4 is 5.97 Å². The number of esters is 1. The summed E-state index contributed by atoms with van der Waals surface area (Å²) in [4.78, 5) is 11.3. The van der Waals surface area contributed by atoms with Crippen LogP contribution < -0.4 is 0 Å². The first-order valence-corrected chi connectivity index (χ1v) is 12.8. The van der Waals surface area contributed by atoms with Gasteiger partial charge in [-0.2, -0.15) is 0 Å². The second-order valence-electron chi connectivity index (χ2n) is 12.3. The van der Waals surface area contributed by atoms with E-state index in [1.54, 1.807) is 0 Å². The second-order valence-corrected chi connectivity index (χ2v) is 12.3. The lowest BCUT2D eigenvalue weighted by Crippen LogP contribution is -2.64. The van der Waals surface area contributed by atoms with Crippen LogP contribution in [0, 0.1) is 22.7 Å². The minimum absolute atomic E-state index is 0.0285. The molecule has 3 fully saturated rings. The van der Waals surface area contributed by atoms with E-state index in [1.807, 2.05) is 25.2 Å². The summed E-state index contributed by atoms with van der Waals surface area (Å²) in [6.45, 7) is 19.2. The van der Waals surface area contributed by atoms with E-state index in [0.29, 0.717) is 11.8 Å². The summed E-state index contributed by atoms with van der Waals surface area (Å²) in [6.07, 6.45) is 11.6. The molecule has 0 aromatic rings. The molecule has 0 N–H and O–H groups in total. The van der Waals surface area contributed by atoms with Gasteiger partial charge in [0.1, 0.15) is 6.10 Å². The molecule has 0 radical (unpaired) electrons. The molecule has 1 unspecified atom stereocenters. The number of hydrogen-bond acceptors (Lipinski definition) is 5. The van der Waals surface area contributed by atoms with Crippen molar-refractivity contribution in [2.24, 2.45) is 22.7 Å². The van der Waals surface area contributed by atoms with Crippen molar-refractivity contribution < 1.29 is 23.7 Å². The highest BCUT2D eigenvalue weighted by Crippen LogP contribution is 2.66. The Morgan fingerprint density at radius 2 is 1.73 bits per heavy atom. The van der Waals surface area contributed by atoms with E-state index >= 15 is 0 Å². The lowest BCUT2D eigenvalue weighted by atomic mass is 9.44. The predicted octanol–water partition coefficient (Wildman–Crippen LogP) is 5.97. The molecule has 0 spiro atoms. The summed E-state index contributed by atoms with van der Waals surface area (Å²) < 4.78 is 24.8. The van der Waals surface area contributed by atoms with E-state index in [4.69, 9.17) is 18.9 Å². The van der Waals surface area contributed by atoms with Gasteiger partial charge in [0.25, 0.3) is 0 Å². The minimum Gasteiger partial charge on any atom is -0.456 e. The summed E-state index contributed by atoms with van der Waals surface area (Å²) >= 11 is 0. The third-order valence-corrected chi connectivity index (χ3v) is 9.63. The molecule has 186 valence electrons. The Morgan fingerprint density at radius 1 is 1.03 bits per heavy atom. The van der Waals surface area contributed by atoms with Crippen LogP contribution in [0.4, 0.5) is 0 Å². The SMILES string of the molecule is C=C[C@@]1(C)CC[C@@H]2[C@](C)(CCC3C(C)(C)[C@H](O[C@H]4C=C[C@@H](OC(C)=O)[C@H](C)O4)CC[C@]32C)O1. The van der Waals surface area contributed by atoms with Gasteiger partial charge in [-0.15, -0.1) is 6.58 Å². The quantitative estimate of drug-likeness (QED) is 0.382. The lowest BCUT2D eigenvalue weighted by Gasteiger charge is -2.66. The number of rotatable bonds is 4. The first-order chi connectivity index (χ1) is 15.3. The molecule has 1 saturated heterocycles. The third-order valence-electron chi connectivity index (χ3n) is 9.63. The van der Waals surface area contributed by atoms with Crippen LogP contribution in [-0.2, 0) is 23.7 Å². The second kappa shape index (κ2) is 8.49. The highest BCUT2D eigenvalue weighted by molar-refractivity contribution is 5.66. The van der Waals surface area contributed by atoms with Gasteiger partial charge in [0, 0.05) is 6.92 Å². The fourth-order valence-corrected chi connectivity index (χ4v) is 7.90. The number of fused-ring (bicyclic) bond motifs is 3. The standard InChI is InChI=1S/C28H44O5/c1-9-26(6)15-12-22-27(7)16-14-23(25(4,5)21(27)13-17-28(22,8)33-26)32-24-11-10-20(18(2)30-24)31-19(3)29/h9-11,18,20-24H,1,12-17H2,2-8H3/t18-,20+,21?,22-,23+,24-,26-,27+,28-/m0/s1. The van der Waals surface area contributed by atoms with Crippen LogP contribution in [0.25, 0.3) is 0 Å². The normalized spacial score (nSPS) is 48.9. The van der Waals surface area contributed by atoms with E-state index in [9.17, 15) is 4.79 Å². The van der Waals surface area contributed by atoms with E-state index in [0.717, 1.165) is 32.1 Å². The Kier molecular flexibility index (Phi) is 6.42.